The second kappa shape index (κ2) is 6.77. The van der Waals surface area contributed by atoms with Crippen LogP contribution in [0.3, 0.4) is 0 Å². The van der Waals surface area contributed by atoms with Crippen LogP contribution in [0.4, 0.5) is 0 Å². The van der Waals surface area contributed by atoms with E-state index < -0.39 is 0 Å². The summed E-state index contributed by atoms with van der Waals surface area (Å²) in [5, 5.41) is 3.65. The number of hydrogen-bond acceptors (Lipinski definition) is 3. The molecule has 0 saturated carbocycles. The van der Waals surface area contributed by atoms with Crippen molar-refractivity contribution in [3.8, 4) is 0 Å². The van der Waals surface area contributed by atoms with Crippen LogP contribution < -0.4 is 5.32 Å². The van der Waals surface area contributed by atoms with Crippen molar-refractivity contribution in [3.05, 3.63) is 0 Å². The van der Waals surface area contributed by atoms with E-state index in [1.165, 1.54) is 25.0 Å². The van der Waals surface area contributed by atoms with Gasteiger partial charge in [0.1, 0.15) is 0 Å². The van der Waals surface area contributed by atoms with E-state index in [2.05, 4.69) is 25.4 Å². The highest BCUT2D eigenvalue weighted by Gasteiger charge is 2.30. The maximum Gasteiger partial charge on any atom is 0.0666 e. The minimum Gasteiger partial charge on any atom is -0.375 e. The standard InChI is InChI=1S/C12H25NOS/c1-4-12(2)10-11(6-8-14-12)13-7-5-9-15-3/h11,13H,4-10H2,1-3H3. The van der Waals surface area contributed by atoms with Gasteiger partial charge in [-0.2, -0.15) is 11.8 Å². The highest BCUT2D eigenvalue weighted by molar-refractivity contribution is 7.98. The fraction of sp³-hybridized carbons (Fsp3) is 1.00. The van der Waals surface area contributed by atoms with Gasteiger partial charge in [-0.1, -0.05) is 6.92 Å². The van der Waals surface area contributed by atoms with E-state index in [4.69, 9.17) is 4.74 Å². The van der Waals surface area contributed by atoms with Gasteiger partial charge in [0, 0.05) is 12.6 Å². The number of nitrogens with one attached hydrogen (secondary N) is 1. The Balaban J connectivity index is 2.18. The van der Waals surface area contributed by atoms with Gasteiger partial charge in [-0.15, -0.1) is 0 Å². The first kappa shape index (κ1) is 13.3. The average Bonchev–Trinajstić information content (AvgIpc) is 2.25. The summed E-state index contributed by atoms with van der Waals surface area (Å²) in [7, 11) is 0. The van der Waals surface area contributed by atoms with E-state index in [0.717, 1.165) is 19.6 Å². The first-order chi connectivity index (χ1) is 7.20. The molecule has 2 nitrogen and oxygen atoms in total. The smallest absolute Gasteiger partial charge is 0.0666 e. The summed E-state index contributed by atoms with van der Waals surface area (Å²) in [5.41, 5.74) is 0.120. The molecule has 0 aromatic carbocycles. The van der Waals surface area contributed by atoms with Crippen LogP contribution in [0, 0.1) is 0 Å². The summed E-state index contributed by atoms with van der Waals surface area (Å²) in [4.78, 5) is 0. The Hall–Kier alpha value is 0.270. The number of ether oxygens (including phenoxy) is 1. The predicted octanol–water partition coefficient (Wildman–Crippen LogP) is 2.68. The van der Waals surface area contributed by atoms with E-state index >= 15 is 0 Å². The molecule has 0 radical (unpaired) electrons. The van der Waals surface area contributed by atoms with Crippen LogP contribution in [0.25, 0.3) is 0 Å². The minimum atomic E-state index is 0.120. The summed E-state index contributed by atoms with van der Waals surface area (Å²) in [6, 6.07) is 0.672. The third-order valence-corrected chi connectivity index (χ3v) is 4.00. The first-order valence-electron chi connectivity index (χ1n) is 6.06. The molecule has 1 aliphatic heterocycles. The zero-order valence-electron chi connectivity index (χ0n) is 10.3. The minimum absolute atomic E-state index is 0.120. The second-order valence-electron chi connectivity index (χ2n) is 4.64. The van der Waals surface area contributed by atoms with Crippen molar-refractivity contribution in [2.75, 3.05) is 25.2 Å². The first-order valence-corrected chi connectivity index (χ1v) is 7.46. The Morgan fingerprint density at radius 1 is 1.53 bits per heavy atom. The van der Waals surface area contributed by atoms with Gasteiger partial charge >= 0.3 is 0 Å². The zero-order chi connectivity index (χ0) is 11.1. The highest BCUT2D eigenvalue weighted by atomic mass is 32.2. The van der Waals surface area contributed by atoms with E-state index in [1.54, 1.807) is 0 Å². The van der Waals surface area contributed by atoms with Crippen molar-refractivity contribution >= 4 is 11.8 Å². The van der Waals surface area contributed by atoms with Gasteiger partial charge in [0.25, 0.3) is 0 Å². The van der Waals surface area contributed by atoms with Crippen molar-refractivity contribution in [2.45, 2.75) is 51.2 Å². The Morgan fingerprint density at radius 2 is 2.33 bits per heavy atom. The van der Waals surface area contributed by atoms with E-state index in [-0.39, 0.29) is 5.60 Å². The molecule has 90 valence electrons. The van der Waals surface area contributed by atoms with Gasteiger partial charge < -0.3 is 10.1 Å². The Labute approximate surface area is 98.5 Å². The molecule has 1 saturated heterocycles. The SMILES string of the molecule is CCC1(C)CC(NCCCSC)CCO1. The second-order valence-corrected chi connectivity index (χ2v) is 5.63. The largest absolute Gasteiger partial charge is 0.375 e. The lowest BCUT2D eigenvalue weighted by Crippen LogP contribution is -2.45. The molecule has 0 aliphatic carbocycles. The molecule has 1 rings (SSSR count). The summed E-state index contributed by atoms with van der Waals surface area (Å²) in [5.74, 6) is 1.27. The molecule has 0 bridgehead atoms. The fourth-order valence-electron chi connectivity index (χ4n) is 2.07. The van der Waals surface area contributed by atoms with Crippen molar-refractivity contribution in [1.29, 1.82) is 0 Å². The molecule has 0 aromatic rings. The van der Waals surface area contributed by atoms with Gasteiger partial charge in [-0.3, -0.25) is 0 Å². The maximum absolute atomic E-state index is 5.83. The van der Waals surface area contributed by atoms with Crippen LogP contribution >= 0.6 is 11.8 Å². The van der Waals surface area contributed by atoms with Gasteiger partial charge in [0.15, 0.2) is 0 Å². The topological polar surface area (TPSA) is 21.3 Å². The third-order valence-electron chi connectivity index (χ3n) is 3.30. The van der Waals surface area contributed by atoms with Crippen LogP contribution in [0.1, 0.15) is 39.5 Å². The normalized spacial score (nSPS) is 31.8. The van der Waals surface area contributed by atoms with Crippen LogP contribution in [0.15, 0.2) is 0 Å². The summed E-state index contributed by atoms with van der Waals surface area (Å²) >= 11 is 1.93. The van der Waals surface area contributed by atoms with Crippen molar-refractivity contribution in [2.24, 2.45) is 0 Å². The molecule has 1 aliphatic rings. The molecular formula is C12H25NOS. The average molecular weight is 231 g/mol. The van der Waals surface area contributed by atoms with Crippen LogP contribution in [-0.2, 0) is 4.74 Å². The van der Waals surface area contributed by atoms with Crippen molar-refractivity contribution < 1.29 is 4.74 Å². The number of hydrogen-bond donors (Lipinski definition) is 1. The Kier molecular flexibility index (Phi) is 6.02. The monoisotopic (exact) mass is 231 g/mol. The quantitative estimate of drug-likeness (QED) is 0.710. The van der Waals surface area contributed by atoms with Crippen molar-refractivity contribution in [3.63, 3.8) is 0 Å². The molecule has 2 unspecified atom stereocenters. The molecule has 15 heavy (non-hydrogen) atoms. The lowest BCUT2D eigenvalue weighted by atomic mass is 9.90. The Morgan fingerprint density at radius 3 is 3.00 bits per heavy atom. The van der Waals surface area contributed by atoms with Crippen molar-refractivity contribution in [1.82, 2.24) is 5.32 Å². The molecule has 2 atom stereocenters. The van der Waals surface area contributed by atoms with Gasteiger partial charge in [-0.25, -0.2) is 0 Å². The van der Waals surface area contributed by atoms with E-state index in [1.807, 2.05) is 11.8 Å². The summed E-state index contributed by atoms with van der Waals surface area (Å²) in [6.45, 7) is 6.54. The van der Waals surface area contributed by atoms with Crippen LogP contribution in [0.5, 0.6) is 0 Å². The molecule has 0 aromatic heterocycles. The van der Waals surface area contributed by atoms with Gasteiger partial charge in [0.05, 0.1) is 5.60 Å². The maximum atomic E-state index is 5.83. The van der Waals surface area contributed by atoms with E-state index in [0.29, 0.717) is 6.04 Å². The molecule has 1 heterocycles. The number of rotatable bonds is 6. The predicted molar refractivity (Wildman–Crippen MR) is 68.7 cm³/mol. The molecule has 3 heteroatoms. The third kappa shape index (κ3) is 4.75. The molecule has 0 spiro atoms. The van der Waals surface area contributed by atoms with Gasteiger partial charge in [-0.05, 0) is 51.2 Å². The molecule has 0 amide bonds. The van der Waals surface area contributed by atoms with E-state index in [9.17, 15) is 0 Å². The summed E-state index contributed by atoms with van der Waals surface area (Å²) in [6.07, 6.45) is 6.91. The highest BCUT2D eigenvalue weighted by Crippen LogP contribution is 2.27. The van der Waals surface area contributed by atoms with Crippen LogP contribution in [0.2, 0.25) is 0 Å². The van der Waals surface area contributed by atoms with Gasteiger partial charge in [0.2, 0.25) is 0 Å². The molecule has 1 N–H and O–H groups in total. The Bertz CT molecular complexity index is 177. The lowest BCUT2D eigenvalue weighted by molar-refractivity contribution is -0.0778. The molecular weight excluding hydrogens is 206 g/mol. The molecule has 1 fully saturated rings. The summed E-state index contributed by atoms with van der Waals surface area (Å²) < 4.78 is 5.83. The van der Waals surface area contributed by atoms with Crippen LogP contribution in [-0.4, -0.2) is 36.8 Å². The number of thioether (sulfide) groups is 1. The fourth-order valence-corrected chi connectivity index (χ4v) is 2.51. The lowest BCUT2D eigenvalue weighted by Gasteiger charge is -2.38. The zero-order valence-corrected chi connectivity index (χ0v) is 11.2.